The lowest BCUT2D eigenvalue weighted by atomic mass is 9.99. The number of amides is 1. The van der Waals surface area contributed by atoms with Gasteiger partial charge in [-0.15, -0.1) is 0 Å². The highest BCUT2D eigenvalue weighted by atomic mass is 16.4. The van der Waals surface area contributed by atoms with Crippen molar-refractivity contribution in [1.29, 1.82) is 0 Å². The number of hydrogen-bond donors (Lipinski definition) is 2. The Hall–Kier alpha value is -2.37. The number of carbonyl (C=O) groups is 2. The fraction of sp³-hybridized carbons (Fsp3) is 0.357. The predicted octanol–water partition coefficient (Wildman–Crippen LogP) is 1.65. The molecule has 0 aliphatic heterocycles. The van der Waals surface area contributed by atoms with Gasteiger partial charge in [-0.2, -0.15) is 0 Å². The van der Waals surface area contributed by atoms with E-state index in [2.05, 4.69) is 4.98 Å². The van der Waals surface area contributed by atoms with Crippen molar-refractivity contribution in [3.05, 3.63) is 29.6 Å². The first-order valence-corrected chi connectivity index (χ1v) is 6.24. The van der Waals surface area contributed by atoms with E-state index in [1.807, 2.05) is 18.4 Å². The number of aryl methyl sites for hydroxylation is 1. The van der Waals surface area contributed by atoms with Gasteiger partial charge in [0.1, 0.15) is 11.3 Å². The van der Waals surface area contributed by atoms with E-state index in [9.17, 15) is 14.7 Å². The van der Waals surface area contributed by atoms with E-state index in [-0.39, 0.29) is 12.0 Å². The van der Waals surface area contributed by atoms with E-state index in [1.165, 1.54) is 6.07 Å². The lowest BCUT2D eigenvalue weighted by Crippen LogP contribution is -2.32. The minimum Gasteiger partial charge on any atom is -0.478 e. The van der Waals surface area contributed by atoms with Crippen molar-refractivity contribution in [2.45, 2.75) is 32.7 Å². The largest absolute Gasteiger partial charge is 0.478 e. The number of aromatic carboxylic acids is 1. The molecule has 0 aliphatic rings. The quantitative estimate of drug-likeness (QED) is 0.886. The molecule has 0 fully saturated rings. The molecule has 6 heteroatoms. The maximum Gasteiger partial charge on any atom is 0.337 e. The third-order valence-electron chi connectivity index (χ3n) is 3.30. The normalized spacial score (nSPS) is 11.8. The summed E-state index contributed by atoms with van der Waals surface area (Å²) in [6.45, 7) is 5.53. The number of hydrogen-bond acceptors (Lipinski definition) is 3. The minimum absolute atomic E-state index is 0.149. The van der Waals surface area contributed by atoms with Crippen LogP contribution in [0.1, 0.15) is 36.5 Å². The van der Waals surface area contributed by atoms with Gasteiger partial charge < -0.3 is 15.4 Å². The number of aromatic nitrogens is 2. The molecule has 0 spiro atoms. The zero-order chi connectivity index (χ0) is 15.1. The van der Waals surface area contributed by atoms with Crippen LogP contribution in [0.25, 0.3) is 11.0 Å². The van der Waals surface area contributed by atoms with Crippen LogP contribution in [0.4, 0.5) is 0 Å². The van der Waals surface area contributed by atoms with Crippen LogP contribution in [0.3, 0.4) is 0 Å². The fourth-order valence-corrected chi connectivity index (χ4v) is 2.66. The van der Waals surface area contributed by atoms with Crippen LogP contribution in [0, 0.1) is 6.92 Å². The number of imidazole rings is 1. The molecule has 1 aromatic carbocycles. The maximum atomic E-state index is 11.2. The summed E-state index contributed by atoms with van der Waals surface area (Å²) in [6, 6.07) is 4.98. The van der Waals surface area contributed by atoms with Crippen LogP contribution in [-0.2, 0) is 10.3 Å². The average Bonchev–Trinajstić information content (AvgIpc) is 2.62. The van der Waals surface area contributed by atoms with Crippen molar-refractivity contribution in [3.8, 4) is 0 Å². The summed E-state index contributed by atoms with van der Waals surface area (Å²) in [5, 5.41) is 9.21. The van der Waals surface area contributed by atoms with Gasteiger partial charge in [0, 0.05) is 12.0 Å². The monoisotopic (exact) mass is 275 g/mol. The zero-order valence-electron chi connectivity index (χ0n) is 11.7. The molecule has 0 bridgehead atoms. The second-order valence-corrected chi connectivity index (χ2v) is 5.43. The van der Waals surface area contributed by atoms with E-state index < -0.39 is 17.4 Å². The molecular weight excluding hydrogens is 258 g/mol. The Balaban J connectivity index is 2.72. The van der Waals surface area contributed by atoms with Crippen molar-refractivity contribution in [3.63, 3.8) is 0 Å². The smallest absolute Gasteiger partial charge is 0.337 e. The predicted molar refractivity (Wildman–Crippen MR) is 74.6 cm³/mol. The number of nitrogens with zero attached hydrogens (tertiary/aromatic N) is 2. The van der Waals surface area contributed by atoms with E-state index in [0.717, 1.165) is 0 Å². The van der Waals surface area contributed by atoms with Crippen molar-refractivity contribution in [1.82, 2.24) is 9.55 Å². The lowest BCUT2D eigenvalue weighted by Gasteiger charge is -2.27. The number of fused-ring (bicyclic) bond motifs is 1. The fourth-order valence-electron chi connectivity index (χ4n) is 2.66. The third-order valence-corrected chi connectivity index (χ3v) is 3.30. The summed E-state index contributed by atoms with van der Waals surface area (Å²) in [5.41, 5.74) is 5.99. The molecule has 106 valence electrons. The van der Waals surface area contributed by atoms with Gasteiger partial charge in [0.05, 0.1) is 11.1 Å². The Morgan fingerprint density at radius 2 is 2.05 bits per heavy atom. The van der Waals surface area contributed by atoms with Gasteiger partial charge in [-0.05, 0) is 32.9 Å². The van der Waals surface area contributed by atoms with Crippen LogP contribution in [0.15, 0.2) is 18.2 Å². The molecule has 2 aromatic rings. The van der Waals surface area contributed by atoms with Gasteiger partial charge in [-0.25, -0.2) is 9.78 Å². The number of carbonyl (C=O) groups excluding carboxylic acids is 1. The third kappa shape index (κ3) is 2.24. The van der Waals surface area contributed by atoms with Crippen molar-refractivity contribution < 1.29 is 14.7 Å². The van der Waals surface area contributed by atoms with Crippen LogP contribution in [0.2, 0.25) is 0 Å². The Morgan fingerprint density at radius 3 is 2.60 bits per heavy atom. The standard InChI is InChI=1S/C14H17N3O3/c1-8-16-12-9(13(19)20)5-4-6-10(12)17(8)14(2,3)7-11(15)18/h4-6H,7H2,1-3H3,(H2,15,18)(H,19,20). The van der Waals surface area contributed by atoms with Crippen molar-refractivity contribution in [2.75, 3.05) is 0 Å². The van der Waals surface area contributed by atoms with Crippen LogP contribution < -0.4 is 5.73 Å². The van der Waals surface area contributed by atoms with E-state index in [4.69, 9.17) is 5.73 Å². The number of rotatable bonds is 4. The zero-order valence-corrected chi connectivity index (χ0v) is 11.7. The highest BCUT2D eigenvalue weighted by molar-refractivity contribution is 6.01. The summed E-state index contributed by atoms with van der Waals surface area (Å²) < 4.78 is 1.86. The number of para-hydroxylation sites is 1. The number of benzene rings is 1. The molecule has 0 saturated heterocycles. The molecule has 1 amide bonds. The molecule has 20 heavy (non-hydrogen) atoms. The first-order valence-electron chi connectivity index (χ1n) is 6.24. The van der Waals surface area contributed by atoms with Gasteiger partial charge in [-0.3, -0.25) is 4.79 Å². The molecule has 2 rings (SSSR count). The van der Waals surface area contributed by atoms with E-state index >= 15 is 0 Å². The molecule has 3 N–H and O–H groups in total. The molecule has 1 heterocycles. The van der Waals surface area contributed by atoms with Crippen LogP contribution in [0.5, 0.6) is 0 Å². The maximum absolute atomic E-state index is 11.2. The molecule has 6 nitrogen and oxygen atoms in total. The Labute approximate surface area is 116 Å². The topological polar surface area (TPSA) is 98.2 Å². The van der Waals surface area contributed by atoms with Crippen molar-refractivity contribution >= 4 is 22.9 Å². The SMILES string of the molecule is Cc1nc2c(C(=O)O)cccc2n1C(C)(C)CC(N)=O. The first-order chi connectivity index (χ1) is 9.24. The molecular formula is C14H17N3O3. The van der Waals surface area contributed by atoms with E-state index in [0.29, 0.717) is 16.9 Å². The van der Waals surface area contributed by atoms with Crippen molar-refractivity contribution in [2.24, 2.45) is 5.73 Å². The van der Waals surface area contributed by atoms with Gasteiger partial charge in [0.15, 0.2) is 0 Å². The average molecular weight is 275 g/mol. The second-order valence-electron chi connectivity index (χ2n) is 5.43. The Morgan fingerprint density at radius 1 is 1.40 bits per heavy atom. The Kier molecular flexibility index (Phi) is 3.25. The summed E-state index contributed by atoms with van der Waals surface area (Å²) in [4.78, 5) is 26.8. The van der Waals surface area contributed by atoms with Gasteiger partial charge >= 0.3 is 5.97 Å². The lowest BCUT2D eigenvalue weighted by molar-refractivity contribution is -0.119. The number of carboxylic acid groups (broad SMARTS) is 1. The summed E-state index contributed by atoms with van der Waals surface area (Å²) in [6.07, 6.45) is 0.149. The number of primary amides is 1. The van der Waals surface area contributed by atoms with Crippen LogP contribution >= 0.6 is 0 Å². The Bertz CT molecular complexity index is 701. The van der Waals surface area contributed by atoms with Gasteiger partial charge in [-0.1, -0.05) is 6.07 Å². The van der Waals surface area contributed by atoms with Gasteiger partial charge in [0.2, 0.25) is 5.91 Å². The van der Waals surface area contributed by atoms with Gasteiger partial charge in [0.25, 0.3) is 0 Å². The van der Waals surface area contributed by atoms with E-state index in [1.54, 1.807) is 19.1 Å². The molecule has 0 atom stereocenters. The summed E-state index contributed by atoms with van der Waals surface area (Å²) in [7, 11) is 0. The molecule has 0 unspecified atom stereocenters. The number of carboxylic acids is 1. The molecule has 1 aromatic heterocycles. The highest BCUT2D eigenvalue weighted by Gasteiger charge is 2.27. The molecule has 0 saturated carbocycles. The molecule has 0 radical (unpaired) electrons. The second kappa shape index (κ2) is 4.63. The number of nitrogens with two attached hydrogens (primary N) is 1. The molecule has 0 aliphatic carbocycles. The highest BCUT2D eigenvalue weighted by Crippen LogP contribution is 2.29. The minimum atomic E-state index is -1.02. The first kappa shape index (κ1) is 14.0. The summed E-state index contributed by atoms with van der Waals surface area (Å²) in [5.74, 6) is -0.779. The van der Waals surface area contributed by atoms with Crippen LogP contribution in [-0.4, -0.2) is 26.5 Å². The summed E-state index contributed by atoms with van der Waals surface area (Å²) >= 11 is 0.